The van der Waals surface area contributed by atoms with Crippen LogP contribution in [0.5, 0.6) is 5.75 Å². The predicted octanol–water partition coefficient (Wildman–Crippen LogP) is 5.76. The molecule has 1 aliphatic rings. The van der Waals surface area contributed by atoms with E-state index in [4.69, 9.17) is 0 Å². The third-order valence-corrected chi connectivity index (χ3v) is 6.24. The Hall–Kier alpha value is -3.06. The summed E-state index contributed by atoms with van der Waals surface area (Å²) in [4.78, 5) is 4.38. The van der Waals surface area contributed by atoms with Crippen molar-refractivity contribution in [3.05, 3.63) is 84.2 Å². The lowest BCUT2D eigenvalue weighted by molar-refractivity contribution is -0.294. The smallest absolute Gasteiger partial charge is 0.419 e. The maximum absolute atomic E-state index is 13.5. The van der Waals surface area contributed by atoms with E-state index in [1.165, 1.54) is 30.5 Å². The summed E-state index contributed by atoms with van der Waals surface area (Å²) < 4.78 is 40.6. The third-order valence-electron chi connectivity index (χ3n) is 6.24. The molecule has 3 N–H and O–H groups in total. The first kappa shape index (κ1) is 23.6. The average Bonchev–Trinajstić information content (AvgIpc) is 2.74. The van der Waals surface area contributed by atoms with Crippen molar-refractivity contribution in [1.29, 1.82) is 0 Å². The van der Waals surface area contributed by atoms with Crippen molar-refractivity contribution in [2.75, 3.05) is 0 Å². The van der Waals surface area contributed by atoms with Crippen LogP contribution >= 0.6 is 0 Å². The lowest BCUT2D eigenvalue weighted by Crippen LogP contribution is -2.61. The van der Waals surface area contributed by atoms with E-state index >= 15 is 0 Å². The molecule has 170 valence electrons. The van der Waals surface area contributed by atoms with Gasteiger partial charge in [-0.15, -0.1) is 0 Å². The summed E-state index contributed by atoms with van der Waals surface area (Å²) in [6, 6.07) is 15.2. The number of phenols is 1. The molecule has 0 saturated carbocycles. The number of hydrogen-bond donors (Lipinski definition) is 3. The summed E-state index contributed by atoms with van der Waals surface area (Å²) in [6.45, 7) is 8.31. The first-order chi connectivity index (χ1) is 15.0. The molecule has 0 amide bonds. The zero-order chi connectivity index (χ0) is 23.7. The lowest BCUT2D eigenvalue weighted by Gasteiger charge is -2.49. The number of para-hydroxylation sites is 1. The van der Waals surface area contributed by atoms with E-state index in [1.807, 2.05) is 31.2 Å². The van der Waals surface area contributed by atoms with Crippen LogP contribution in [0.25, 0.3) is 10.9 Å². The molecule has 0 saturated heterocycles. The molecular formula is C25H27F3N2O2. The van der Waals surface area contributed by atoms with Gasteiger partial charge in [-0.3, -0.25) is 4.98 Å². The second-order valence-corrected chi connectivity index (χ2v) is 8.13. The van der Waals surface area contributed by atoms with Crippen molar-refractivity contribution in [1.82, 2.24) is 10.3 Å². The molecule has 2 aromatic carbocycles. The number of fused-ring (bicyclic) bond motifs is 2. The first-order valence-electron chi connectivity index (χ1n) is 10.3. The molecule has 1 heterocycles. The van der Waals surface area contributed by atoms with Gasteiger partial charge < -0.3 is 15.5 Å². The van der Waals surface area contributed by atoms with Gasteiger partial charge in [0.05, 0.1) is 11.6 Å². The SMILES string of the molecule is C=CNC1c2cccc(O)c2C(C)C(C)C1(O)C(F)(F)F.Cc1ccc2ccccc2n1. The summed E-state index contributed by atoms with van der Waals surface area (Å²) >= 11 is 0. The second-order valence-electron chi connectivity index (χ2n) is 8.13. The van der Waals surface area contributed by atoms with Crippen molar-refractivity contribution in [3.8, 4) is 5.75 Å². The molecular weight excluding hydrogens is 417 g/mol. The molecule has 0 spiro atoms. The van der Waals surface area contributed by atoms with Crippen molar-refractivity contribution < 1.29 is 23.4 Å². The Kier molecular flexibility index (Phi) is 6.51. The number of nitrogens with zero attached hydrogens (tertiary/aromatic N) is 1. The first-order valence-corrected chi connectivity index (χ1v) is 10.3. The predicted molar refractivity (Wildman–Crippen MR) is 119 cm³/mol. The van der Waals surface area contributed by atoms with E-state index in [2.05, 4.69) is 29.0 Å². The van der Waals surface area contributed by atoms with Crippen molar-refractivity contribution >= 4 is 10.9 Å². The number of pyridine rings is 1. The monoisotopic (exact) mass is 444 g/mol. The molecule has 3 aromatic rings. The quantitative estimate of drug-likeness (QED) is 0.471. The molecule has 4 unspecified atom stereocenters. The highest BCUT2D eigenvalue weighted by molar-refractivity contribution is 5.78. The summed E-state index contributed by atoms with van der Waals surface area (Å²) in [5.41, 5.74) is -0.128. The van der Waals surface area contributed by atoms with E-state index in [0.717, 1.165) is 17.4 Å². The van der Waals surface area contributed by atoms with Gasteiger partial charge in [-0.1, -0.05) is 56.8 Å². The normalized spacial score (nSPS) is 24.8. The largest absolute Gasteiger partial charge is 0.508 e. The van der Waals surface area contributed by atoms with Crippen LogP contribution in [0.4, 0.5) is 13.2 Å². The van der Waals surface area contributed by atoms with Crippen LogP contribution in [0.2, 0.25) is 0 Å². The van der Waals surface area contributed by atoms with Gasteiger partial charge in [-0.05, 0) is 42.8 Å². The molecule has 1 aromatic heterocycles. The number of aromatic nitrogens is 1. The Morgan fingerprint density at radius 2 is 1.75 bits per heavy atom. The van der Waals surface area contributed by atoms with Crippen LogP contribution in [-0.2, 0) is 0 Å². The van der Waals surface area contributed by atoms with Gasteiger partial charge >= 0.3 is 6.18 Å². The maximum Gasteiger partial charge on any atom is 0.419 e. The molecule has 4 rings (SSSR count). The number of aromatic hydroxyl groups is 1. The third kappa shape index (κ3) is 4.05. The minimum Gasteiger partial charge on any atom is -0.508 e. The molecule has 0 bridgehead atoms. The number of aryl methyl sites for hydroxylation is 1. The Bertz CT molecular complexity index is 1120. The fourth-order valence-corrected chi connectivity index (χ4v) is 4.37. The molecule has 0 radical (unpaired) electrons. The van der Waals surface area contributed by atoms with E-state index in [9.17, 15) is 23.4 Å². The average molecular weight is 444 g/mol. The molecule has 32 heavy (non-hydrogen) atoms. The van der Waals surface area contributed by atoms with E-state index in [1.54, 1.807) is 6.92 Å². The number of nitrogens with one attached hydrogen (secondary N) is 1. The fourth-order valence-electron chi connectivity index (χ4n) is 4.37. The van der Waals surface area contributed by atoms with E-state index in [-0.39, 0.29) is 11.3 Å². The number of alkyl halides is 3. The molecule has 0 fully saturated rings. The Labute approximate surface area is 185 Å². The van der Waals surface area contributed by atoms with Crippen molar-refractivity contribution in [3.63, 3.8) is 0 Å². The highest BCUT2D eigenvalue weighted by Gasteiger charge is 2.65. The topological polar surface area (TPSA) is 65.4 Å². The van der Waals surface area contributed by atoms with Crippen LogP contribution in [0.3, 0.4) is 0 Å². The highest BCUT2D eigenvalue weighted by Crippen LogP contribution is 2.55. The Morgan fingerprint density at radius 1 is 1.06 bits per heavy atom. The van der Waals surface area contributed by atoms with Gasteiger partial charge in [-0.25, -0.2) is 0 Å². The zero-order valence-corrected chi connectivity index (χ0v) is 18.2. The van der Waals surface area contributed by atoms with Gasteiger partial charge in [-0.2, -0.15) is 13.2 Å². The Balaban J connectivity index is 0.000000219. The van der Waals surface area contributed by atoms with Crippen LogP contribution in [0, 0.1) is 12.8 Å². The van der Waals surface area contributed by atoms with Crippen LogP contribution in [-0.4, -0.2) is 27.0 Å². The zero-order valence-electron chi connectivity index (χ0n) is 18.2. The van der Waals surface area contributed by atoms with Crippen molar-refractivity contribution in [2.24, 2.45) is 5.92 Å². The maximum atomic E-state index is 13.5. The van der Waals surface area contributed by atoms with Gasteiger partial charge in [0.25, 0.3) is 0 Å². The number of aliphatic hydroxyl groups is 1. The minimum absolute atomic E-state index is 0.0630. The van der Waals surface area contributed by atoms with E-state index in [0.29, 0.717) is 5.56 Å². The van der Waals surface area contributed by atoms with Gasteiger partial charge in [0.2, 0.25) is 0 Å². The highest BCUT2D eigenvalue weighted by atomic mass is 19.4. The molecule has 7 heteroatoms. The molecule has 4 nitrogen and oxygen atoms in total. The number of hydrogen-bond acceptors (Lipinski definition) is 4. The van der Waals surface area contributed by atoms with E-state index < -0.39 is 29.7 Å². The lowest BCUT2D eigenvalue weighted by atomic mass is 9.64. The number of halogens is 3. The molecule has 0 aliphatic heterocycles. The fraction of sp³-hybridized carbons (Fsp3) is 0.320. The van der Waals surface area contributed by atoms with Crippen LogP contribution in [0.15, 0.2) is 67.4 Å². The summed E-state index contributed by atoms with van der Waals surface area (Å²) in [5, 5.41) is 24.2. The standard InChI is InChI=1S/C15H18F3NO2.C10H9N/c1-4-19-13-10-6-5-7-11(20)12(10)8(2)9(3)14(13,21)15(16,17)18;1-8-6-7-9-4-2-3-5-10(9)11-8/h4-9,13,19-21H,1H2,2-3H3;2-7H,1H3. The van der Waals surface area contributed by atoms with Crippen molar-refractivity contribution in [2.45, 2.75) is 44.5 Å². The molecule has 1 aliphatic carbocycles. The molecule has 4 atom stereocenters. The Morgan fingerprint density at radius 3 is 2.41 bits per heavy atom. The second kappa shape index (κ2) is 8.82. The van der Waals surface area contributed by atoms with Crippen LogP contribution in [0.1, 0.15) is 42.6 Å². The summed E-state index contributed by atoms with van der Waals surface area (Å²) in [7, 11) is 0. The summed E-state index contributed by atoms with van der Waals surface area (Å²) in [5.74, 6) is -1.83. The minimum atomic E-state index is -4.81. The summed E-state index contributed by atoms with van der Waals surface area (Å²) in [6.07, 6.45) is -3.69. The van der Waals surface area contributed by atoms with Crippen LogP contribution < -0.4 is 5.32 Å². The van der Waals surface area contributed by atoms with Gasteiger partial charge in [0.1, 0.15) is 5.75 Å². The van der Waals surface area contributed by atoms with Gasteiger partial charge in [0.15, 0.2) is 5.60 Å². The number of phenolic OH excluding ortho intramolecular Hbond substituents is 1. The van der Waals surface area contributed by atoms with Gasteiger partial charge in [0, 0.05) is 22.6 Å². The number of rotatable bonds is 2. The number of benzene rings is 2.